The van der Waals surface area contributed by atoms with E-state index in [1.54, 1.807) is 0 Å². The first-order valence-corrected chi connectivity index (χ1v) is 5.61. The summed E-state index contributed by atoms with van der Waals surface area (Å²) in [6.07, 6.45) is 1.00. The molecule has 2 heterocycles. The molecular formula is C11H19N3O. The number of oxazole rings is 1. The Hall–Kier alpha value is -0.870. The smallest absolute Gasteiger partial charge is 0.191 e. The second-order valence-electron chi connectivity index (χ2n) is 4.08. The molecule has 1 aromatic heterocycles. The van der Waals surface area contributed by atoms with E-state index in [0.717, 1.165) is 56.5 Å². The van der Waals surface area contributed by atoms with Crippen molar-refractivity contribution in [3.63, 3.8) is 0 Å². The lowest BCUT2D eigenvalue weighted by atomic mass is 10.2. The number of piperazine rings is 1. The maximum atomic E-state index is 5.41. The van der Waals surface area contributed by atoms with Crippen molar-refractivity contribution in [2.45, 2.75) is 20.3 Å². The molecule has 1 fully saturated rings. The fourth-order valence-electron chi connectivity index (χ4n) is 2.00. The van der Waals surface area contributed by atoms with Crippen molar-refractivity contribution in [3.05, 3.63) is 17.3 Å². The zero-order valence-corrected chi connectivity index (χ0v) is 9.55. The second kappa shape index (κ2) is 4.77. The van der Waals surface area contributed by atoms with Crippen molar-refractivity contribution in [2.24, 2.45) is 0 Å². The lowest BCUT2D eigenvalue weighted by Gasteiger charge is -2.26. The van der Waals surface area contributed by atoms with Gasteiger partial charge in [0.05, 0.1) is 5.69 Å². The van der Waals surface area contributed by atoms with Gasteiger partial charge in [0.25, 0.3) is 0 Å². The summed E-state index contributed by atoms with van der Waals surface area (Å²) in [6, 6.07) is 0. The number of aryl methyl sites for hydroxylation is 2. The third-order valence-corrected chi connectivity index (χ3v) is 2.87. The summed E-state index contributed by atoms with van der Waals surface area (Å²) in [6.45, 7) is 9.50. The Kier molecular flexibility index (Phi) is 3.38. The largest absolute Gasteiger partial charge is 0.446 e. The molecule has 0 radical (unpaired) electrons. The number of nitrogens with zero attached hydrogens (tertiary/aromatic N) is 2. The molecular weight excluding hydrogens is 190 g/mol. The molecule has 1 aliphatic rings. The van der Waals surface area contributed by atoms with Crippen molar-refractivity contribution in [1.29, 1.82) is 0 Å². The van der Waals surface area contributed by atoms with E-state index in [-0.39, 0.29) is 0 Å². The molecule has 0 atom stereocenters. The molecule has 1 aromatic rings. The minimum atomic E-state index is 0.780. The quantitative estimate of drug-likeness (QED) is 0.797. The highest BCUT2D eigenvalue weighted by atomic mass is 16.4. The number of rotatable bonds is 3. The molecule has 1 aliphatic heterocycles. The lowest BCUT2D eigenvalue weighted by molar-refractivity contribution is 0.243. The molecule has 0 aromatic carbocycles. The Labute approximate surface area is 90.7 Å². The molecule has 0 unspecified atom stereocenters. The Morgan fingerprint density at radius 3 is 2.67 bits per heavy atom. The first-order chi connectivity index (χ1) is 7.25. The van der Waals surface area contributed by atoms with Gasteiger partial charge in [-0.3, -0.25) is 0 Å². The number of hydrogen-bond acceptors (Lipinski definition) is 4. The topological polar surface area (TPSA) is 41.3 Å². The second-order valence-corrected chi connectivity index (χ2v) is 4.08. The van der Waals surface area contributed by atoms with Crippen LogP contribution in [0, 0.1) is 13.8 Å². The lowest BCUT2D eigenvalue weighted by Crippen LogP contribution is -2.44. The van der Waals surface area contributed by atoms with Crippen LogP contribution in [0.3, 0.4) is 0 Å². The summed E-state index contributed by atoms with van der Waals surface area (Å²) in [5.74, 6) is 1.76. The molecule has 1 N–H and O–H groups in total. The number of hydrogen-bond donors (Lipinski definition) is 1. The Morgan fingerprint density at radius 2 is 2.07 bits per heavy atom. The zero-order valence-electron chi connectivity index (χ0n) is 9.55. The number of aromatic nitrogens is 1. The molecule has 15 heavy (non-hydrogen) atoms. The van der Waals surface area contributed by atoms with Crippen LogP contribution >= 0.6 is 0 Å². The monoisotopic (exact) mass is 209 g/mol. The molecule has 0 saturated carbocycles. The summed E-state index contributed by atoms with van der Waals surface area (Å²) >= 11 is 0. The highest BCUT2D eigenvalue weighted by Crippen LogP contribution is 2.10. The fourth-order valence-corrected chi connectivity index (χ4v) is 2.00. The van der Waals surface area contributed by atoms with E-state index in [0.29, 0.717) is 0 Å². The molecule has 4 nitrogen and oxygen atoms in total. The summed E-state index contributed by atoms with van der Waals surface area (Å²) in [7, 11) is 0. The summed E-state index contributed by atoms with van der Waals surface area (Å²) in [4.78, 5) is 6.86. The van der Waals surface area contributed by atoms with Gasteiger partial charge < -0.3 is 14.6 Å². The summed E-state index contributed by atoms with van der Waals surface area (Å²) < 4.78 is 5.41. The predicted octanol–water partition coefficient (Wildman–Crippen LogP) is 0.739. The van der Waals surface area contributed by atoms with Gasteiger partial charge in [0.2, 0.25) is 0 Å². The third-order valence-electron chi connectivity index (χ3n) is 2.87. The average molecular weight is 209 g/mol. The van der Waals surface area contributed by atoms with Gasteiger partial charge in [-0.2, -0.15) is 0 Å². The van der Waals surface area contributed by atoms with Crippen LogP contribution in [0.15, 0.2) is 4.42 Å². The van der Waals surface area contributed by atoms with Crippen LogP contribution in [-0.4, -0.2) is 42.6 Å². The molecule has 0 amide bonds. The zero-order chi connectivity index (χ0) is 10.7. The van der Waals surface area contributed by atoms with Gasteiger partial charge in [-0.15, -0.1) is 0 Å². The molecule has 0 spiro atoms. The van der Waals surface area contributed by atoms with Crippen molar-refractivity contribution in [2.75, 3.05) is 32.7 Å². The highest BCUT2D eigenvalue weighted by molar-refractivity contribution is 5.08. The summed E-state index contributed by atoms with van der Waals surface area (Å²) in [5, 5.41) is 3.35. The molecule has 0 aliphatic carbocycles. The van der Waals surface area contributed by atoms with Crippen LogP contribution in [0.1, 0.15) is 17.3 Å². The summed E-state index contributed by atoms with van der Waals surface area (Å²) in [5.41, 5.74) is 1.12. The maximum absolute atomic E-state index is 5.41. The van der Waals surface area contributed by atoms with E-state index in [1.807, 2.05) is 13.8 Å². The van der Waals surface area contributed by atoms with Crippen LogP contribution in [-0.2, 0) is 6.42 Å². The van der Waals surface area contributed by atoms with Crippen LogP contribution in [0.5, 0.6) is 0 Å². The average Bonchev–Trinajstić information content (AvgIpc) is 2.56. The Morgan fingerprint density at radius 1 is 1.33 bits per heavy atom. The SMILES string of the molecule is Cc1nc(CCN2CCNCC2)c(C)o1. The van der Waals surface area contributed by atoms with Crippen LogP contribution < -0.4 is 5.32 Å². The van der Waals surface area contributed by atoms with E-state index >= 15 is 0 Å². The molecule has 0 bridgehead atoms. The Balaban J connectivity index is 1.84. The highest BCUT2D eigenvalue weighted by Gasteiger charge is 2.12. The molecule has 84 valence electrons. The Bertz CT molecular complexity index is 316. The van der Waals surface area contributed by atoms with E-state index < -0.39 is 0 Å². The van der Waals surface area contributed by atoms with Crippen LogP contribution in [0.4, 0.5) is 0 Å². The standard InChI is InChI=1S/C11H19N3O/c1-9-11(13-10(2)15-9)3-6-14-7-4-12-5-8-14/h12H,3-8H2,1-2H3. The van der Waals surface area contributed by atoms with Crippen molar-refractivity contribution in [3.8, 4) is 0 Å². The molecule has 2 rings (SSSR count). The van der Waals surface area contributed by atoms with Gasteiger partial charge in [-0.05, 0) is 6.92 Å². The van der Waals surface area contributed by atoms with Crippen molar-refractivity contribution >= 4 is 0 Å². The van der Waals surface area contributed by atoms with Gasteiger partial charge in [-0.25, -0.2) is 4.98 Å². The maximum Gasteiger partial charge on any atom is 0.191 e. The minimum Gasteiger partial charge on any atom is -0.446 e. The first kappa shape index (κ1) is 10.6. The van der Waals surface area contributed by atoms with E-state index in [9.17, 15) is 0 Å². The number of nitrogens with one attached hydrogen (secondary N) is 1. The van der Waals surface area contributed by atoms with Gasteiger partial charge >= 0.3 is 0 Å². The fraction of sp³-hybridized carbons (Fsp3) is 0.727. The first-order valence-electron chi connectivity index (χ1n) is 5.61. The van der Waals surface area contributed by atoms with Gasteiger partial charge in [0.15, 0.2) is 5.89 Å². The van der Waals surface area contributed by atoms with Crippen LogP contribution in [0.2, 0.25) is 0 Å². The van der Waals surface area contributed by atoms with E-state index in [1.165, 1.54) is 0 Å². The van der Waals surface area contributed by atoms with Gasteiger partial charge in [0.1, 0.15) is 5.76 Å². The van der Waals surface area contributed by atoms with Gasteiger partial charge in [0, 0.05) is 46.1 Å². The van der Waals surface area contributed by atoms with E-state index in [4.69, 9.17) is 4.42 Å². The van der Waals surface area contributed by atoms with Crippen molar-refractivity contribution in [1.82, 2.24) is 15.2 Å². The normalized spacial score (nSPS) is 18.3. The van der Waals surface area contributed by atoms with Gasteiger partial charge in [-0.1, -0.05) is 0 Å². The van der Waals surface area contributed by atoms with Crippen LogP contribution in [0.25, 0.3) is 0 Å². The minimum absolute atomic E-state index is 0.780. The van der Waals surface area contributed by atoms with Crippen molar-refractivity contribution < 1.29 is 4.42 Å². The molecule has 1 saturated heterocycles. The predicted molar refractivity (Wildman–Crippen MR) is 59.0 cm³/mol. The van der Waals surface area contributed by atoms with E-state index in [2.05, 4.69) is 15.2 Å². The molecule has 4 heteroatoms. The third kappa shape index (κ3) is 2.79.